The number of nitrogens with one attached hydrogen (secondary N) is 1. The van der Waals surface area contributed by atoms with Crippen molar-refractivity contribution in [2.75, 3.05) is 49.5 Å². The number of para-hydroxylation sites is 1. The molecule has 1 aromatic rings. The minimum absolute atomic E-state index is 1.08. The van der Waals surface area contributed by atoms with E-state index in [-0.39, 0.29) is 0 Å². The highest BCUT2D eigenvalue weighted by Gasteiger charge is 2.16. The molecule has 2 rings (SSSR count). The maximum absolute atomic E-state index is 3.62. The van der Waals surface area contributed by atoms with Crippen molar-refractivity contribution < 1.29 is 0 Å². The second kappa shape index (κ2) is 8.28. The van der Waals surface area contributed by atoms with Crippen molar-refractivity contribution in [3.63, 3.8) is 0 Å². The van der Waals surface area contributed by atoms with Gasteiger partial charge in [0, 0.05) is 19.6 Å². The Morgan fingerprint density at radius 3 is 2.57 bits per heavy atom. The Balaban J connectivity index is 2.01. The van der Waals surface area contributed by atoms with Gasteiger partial charge in [-0.1, -0.05) is 26.0 Å². The number of anilines is 2. The number of hydrogen-bond acceptors (Lipinski definition) is 3. The van der Waals surface area contributed by atoms with E-state index in [4.69, 9.17) is 0 Å². The number of hydrogen-bond donors (Lipinski definition) is 1. The van der Waals surface area contributed by atoms with Crippen LogP contribution in [0.4, 0.5) is 11.4 Å². The molecule has 1 N–H and O–H groups in total. The molecular weight excluding hydrogens is 258 g/mol. The Labute approximate surface area is 130 Å². The molecule has 3 heteroatoms. The van der Waals surface area contributed by atoms with Gasteiger partial charge in [0.1, 0.15) is 0 Å². The monoisotopic (exact) mass is 289 g/mol. The van der Waals surface area contributed by atoms with Gasteiger partial charge in [-0.25, -0.2) is 0 Å². The van der Waals surface area contributed by atoms with Crippen LogP contribution in [0.1, 0.15) is 39.2 Å². The van der Waals surface area contributed by atoms with E-state index in [0.29, 0.717) is 0 Å². The molecule has 0 aromatic heterocycles. The molecule has 1 aliphatic heterocycles. The highest BCUT2D eigenvalue weighted by atomic mass is 15.2. The molecule has 3 nitrogen and oxygen atoms in total. The van der Waals surface area contributed by atoms with Gasteiger partial charge in [-0.15, -0.1) is 0 Å². The predicted molar refractivity (Wildman–Crippen MR) is 93.5 cm³/mol. The van der Waals surface area contributed by atoms with E-state index in [1.807, 2.05) is 0 Å². The summed E-state index contributed by atoms with van der Waals surface area (Å²) < 4.78 is 0. The van der Waals surface area contributed by atoms with Gasteiger partial charge in [-0.05, 0) is 57.5 Å². The molecule has 1 aliphatic rings. The summed E-state index contributed by atoms with van der Waals surface area (Å²) in [5.41, 5.74) is 4.27. The summed E-state index contributed by atoms with van der Waals surface area (Å²) in [5.74, 6) is 0. The van der Waals surface area contributed by atoms with Gasteiger partial charge in [-0.2, -0.15) is 0 Å². The molecule has 0 saturated heterocycles. The predicted octanol–water partition coefficient (Wildman–Crippen LogP) is 3.60. The molecule has 1 aromatic carbocycles. The summed E-state index contributed by atoms with van der Waals surface area (Å²) in [6.07, 6.45) is 3.71. The van der Waals surface area contributed by atoms with Crippen LogP contribution >= 0.6 is 0 Å². The summed E-state index contributed by atoms with van der Waals surface area (Å²) in [6.45, 7) is 13.6. The normalized spacial score (nSPS) is 13.9. The Hall–Kier alpha value is -1.22. The van der Waals surface area contributed by atoms with E-state index in [1.54, 1.807) is 0 Å². The fourth-order valence-corrected chi connectivity index (χ4v) is 3.23. The fraction of sp³-hybridized carbons (Fsp3) is 0.667. The molecule has 0 saturated carbocycles. The first-order chi connectivity index (χ1) is 10.3. The first-order valence-corrected chi connectivity index (χ1v) is 8.63. The van der Waals surface area contributed by atoms with Crippen LogP contribution in [0.5, 0.6) is 0 Å². The number of fused-ring (bicyclic) bond motifs is 1. The van der Waals surface area contributed by atoms with Crippen LogP contribution < -0.4 is 10.2 Å². The minimum atomic E-state index is 1.08. The average Bonchev–Trinajstić information content (AvgIpc) is 2.55. The lowest BCUT2D eigenvalue weighted by atomic mass is 10.0. The molecule has 0 aliphatic carbocycles. The maximum Gasteiger partial charge on any atom is 0.0610 e. The van der Waals surface area contributed by atoms with E-state index < -0.39 is 0 Å². The first-order valence-electron chi connectivity index (χ1n) is 8.63. The number of rotatable bonds is 8. The second-order valence-electron chi connectivity index (χ2n) is 5.80. The molecule has 0 radical (unpaired) electrons. The zero-order chi connectivity index (χ0) is 15.1. The number of nitrogens with zero attached hydrogens (tertiary/aromatic N) is 2. The molecular formula is C18H31N3. The van der Waals surface area contributed by atoms with Crippen LogP contribution in [0.25, 0.3) is 0 Å². The third kappa shape index (κ3) is 4.13. The van der Waals surface area contributed by atoms with Crippen molar-refractivity contribution in [1.82, 2.24) is 4.90 Å². The number of aryl methyl sites for hydroxylation is 1. The van der Waals surface area contributed by atoms with Gasteiger partial charge in [0.15, 0.2) is 0 Å². The highest BCUT2D eigenvalue weighted by Crippen LogP contribution is 2.32. The standard InChI is InChI=1S/C18H31N3/c1-4-20(5-2)14-9-15-21(6-3)17-12-7-10-16-11-8-13-19-18(16)17/h7,10,12,19H,4-6,8-9,11,13-15H2,1-3H3. The molecule has 0 unspecified atom stereocenters. The molecule has 0 bridgehead atoms. The van der Waals surface area contributed by atoms with Gasteiger partial charge in [0.05, 0.1) is 11.4 Å². The SMILES string of the molecule is CCN(CC)CCCN(CC)c1cccc2c1NCCC2. The zero-order valence-electron chi connectivity index (χ0n) is 14.0. The quantitative estimate of drug-likeness (QED) is 0.789. The van der Waals surface area contributed by atoms with E-state index in [1.165, 1.54) is 42.7 Å². The van der Waals surface area contributed by atoms with Crippen LogP contribution in [0.2, 0.25) is 0 Å². The van der Waals surface area contributed by atoms with Gasteiger partial charge >= 0.3 is 0 Å². The van der Waals surface area contributed by atoms with Crippen molar-refractivity contribution in [2.24, 2.45) is 0 Å². The lowest BCUT2D eigenvalue weighted by Crippen LogP contribution is -2.30. The van der Waals surface area contributed by atoms with Crippen molar-refractivity contribution in [3.8, 4) is 0 Å². The zero-order valence-corrected chi connectivity index (χ0v) is 14.0. The third-order valence-electron chi connectivity index (χ3n) is 4.57. The molecule has 0 atom stereocenters. The van der Waals surface area contributed by atoms with Crippen molar-refractivity contribution in [1.29, 1.82) is 0 Å². The molecule has 118 valence electrons. The Morgan fingerprint density at radius 1 is 1.05 bits per heavy atom. The van der Waals surface area contributed by atoms with Crippen LogP contribution in [0.15, 0.2) is 18.2 Å². The van der Waals surface area contributed by atoms with Gasteiger partial charge in [0.2, 0.25) is 0 Å². The Bertz CT molecular complexity index is 426. The van der Waals surface area contributed by atoms with Crippen LogP contribution in [0, 0.1) is 0 Å². The largest absolute Gasteiger partial charge is 0.383 e. The fourth-order valence-electron chi connectivity index (χ4n) is 3.23. The first kappa shape index (κ1) is 16.2. The summed E-state index contributed by atoms with van der Waals surface area (Å²) in [6, 6.07) is 6.76. The van der Waals surface area contributed by atoms with Crippen molar-refractivity contribution >= 4 is 11.4 Å². The lowest BCUT2D eigenvalue weighted by molar-refractivity contribution is 0.301. The summed E-state index contributed by atoms with van der Waals surface area (Å²) in [7, 11) is 0. The van der Waals surface area contributed by atoms with E-state index >= 15 is 0 Å². The van der Waals surface area contributed by atoms with Gasteiger partial charge in [-0.3, -0.25) is 0 Å². The van der Waals surface area contributed by atoms with E-state index in [9.17, 15) is 0 Å². The molecule has 21 heavy (non-hydrogen) atoms. The van der Waals surface area contributed by atoms with Crippen LogP contribution in [0.3, 0.4) is 0 Å². The maximum atomic E-state index is 3.62. The topological polar surface area (TPSA) is 18.5 Å². The summed E-state index contributed by atoms with van der Waals surface area (Å²) in [5, 5.41) is 3.62. The lowest BCUT2D eigenvalue weighted by Gasteiger charge is -2.30. The van der Waals surface area contributed by atoms with Crippen molar-refractivity contribution in [2.45, 2.75) is 40.0 Å². The Kier molecular flexibility index (Phi) is 6.37. The Morgan fingerprint density at radius 2 is 1.86 bits per heavy atom. The van der Waals surface area contributed by atoms with Crippen molar-refractivity contribution in [3.05, 3.63) is 23.8 Å². The van der Waals surface area contributed by atoms with Crippen LogP contribution in [-0.2, 0) is 6.42 Å². The highest BCUT2D eigenvalue weighted by molar-refractivity contribution is 5.74. The molecule has 0 fully saturated rings. The van der Waals surface area contributed by atoms with Crippen LogP contribution in [-0.4, -0.2) is 44.2 Å². The smallest absolute Gasteiger partial charge is 0.0610 e. The van der Waals surface area contributed by atoms with Gasteiger partial charge < -0.3 is 15.1 Å². The molecule has 0 amide bonds. The molecule has 0 spiro atoms. The average molecular weight is 289 g/mol. The van der Waals surface area contributed by atoms with Gasteiger partial charge in [0.25, 0.3) is 0 Å². The molecule has 1 heterocycles. The number of benzene rings is 1. The third-order valence-corrected chi connectivity index (χ3v) is 4.57. The minimum Gasteiger partial charge on any atom is -0.383 e. The van der Waals surface area contributed by atoms with E-state index in [0.717, 1.165) is 32.7 Å². The summed E-state index contributed by atoms with van der Waals surface area (Å²) in [4.78, 5) is 5.03. The second-order valence-corrected chi connectivity index (χ2v) is 5.80. The van der Waals surface area contributed by atoms with E-state index in [2.05, 4.69) is 54.1 Å². The summed E-state index contributed by atoms with van der Waals surface area (Å²) >= 11 is 0.